The molecule has 3 heterocycles. The number of hydrogen-bond donors (Lipinski definition) is 0. The lowest BCUT2D eigenvalue weighted by molar-refractivity contribution is 0.0787. The van der Waals surface area contributed by atoms with E-state index in [1.54, 1.807) is 24.7 Å². The average Bonchev–Trinajstić information content (AvgIpc) is 3.24. The van der Waals surface area contributed by atoms with Gasteiger partial charge in [0, 0.05) is 37.2 Å². The Bertz CT molecular complexity index is 816. The molecular weight excluding hydrogens is 280 g/mol. The molecule has 1 fully saturated rings. The SMILES string of the molecule is O=C(c1ccc2nccnc2c1)N1CCC(n2ccnn2)C1. The van der Waals surface area contributed by atoms with E-state index < -0.39 is 0 Å². The molecule has 1 aromatic carbocycles. The predicted octanol–water partition coefficient (Wildman–Crippen LogP) is 1.31. The third kappa shape index (κ3) is 2.20. The predicted molar refractivity (Wildman–Crippen MR) is 79.1 cm³/mol. The highest BCUT2D eigenvalue weighted by Gasteiger charge is 2.28. The number of fused-ring (bicyclic) bond motifs is 1. The van der Waals surface area contributed by atoms with Crippen LogP contribution in [-0.4, -0.2) is 48.9 Å². The van der Waals surface area contributed by atoms with Crippen molar-refractivity contribution in [2.45, 2.75) is 12.5 Å². The van der Waals surface area contributed by atoms with Crippen LogP contribution in [0.25, 0.3) is 11.0 Å². The van der Waals surface area contributed by atoms with Crippen LogP contribution in [0.2, 0.25) is 0 Å². The molecule has 1 atom stereocenters. The van der Waals surface area contributed by atoms with E-state index >= 15 is 0 Å². The van der Waals surface area contributed by atoms with E-state index in [-0.39, 0.29) is 11.9 Å². The summed E-state index contributed by atoms with van der Waals surface area (Å²) in [5.74, 6) is 0.0233. The van der Waals surface area contributed by atoms with Gasteiger partial charge in [0.1, 0.15) is 0 Å². The summed E-state index contributed by atoms with van der Waals surface area (Å²) >= 11 is 0. The molecule has 110 valence electrons. The van der Waals surface area contributed by atoms with E-state index in [1.165, 1.54) is 0 Å². The summed E-state index contributed by atoms with van der Waals surface area (Å²) in [7, 11) is 0. The zero-order chi connectivity index (χ0) is 14.9. The second kappa shape index (κ2) is 5.18. The van der Waals surface area contributed by atoms with E-state index in [9.17, 15) is 4.79 Å². The van der Waals surface area contributed by atoms with Crippen LogP contribution in [0.4, 0.5) is 0 Å². The molecule has 0 saturated carbocycles. The van der Waals surface area contributed by atoms with Gasteiger partial charge in [0.2, 0.25) is 0 Å². The third-order valence-corrected chi connectivity index (χ3v) is 3.98. The first-order chi connectivity index (χ1) is 10.8. The minimum absolute atomic E-state index is 0.0233. The van der Waals surface area contributed by atoms with Crippen molar-refractivity contribution in [3.05, 3.63) is 48.5 Å². The fourth-order valence-corrected chi connectivity index (χ4v) is 2.83. The van der Waals surface area contributed by atoms with Crippen molar-refractivity contribution in [3.63, 3.8) is 0 Å². The summed E-state index contributed by atoms with van der Waals surface area (Å²) in [4.78, 5) is 23.0. The van der Waals surface area contributed by atoms with Gasteiger partial charge in [-0.3, -0.25) is 14.8 Å². The molecule has 7 nitrogen and oxygen atoms in total. The van der Waals surface area contributed by atoms with Gasteiger partial charge in [-0.25, -0.2) is 4.68 Å². The van der Waals surface area contributed by atoms with E-state index in [2.05, 4.69) is 20.3 Å². The minimum Gasteiger partial charge on any atom is -0.336 e. The average molecular weight is 294 g/mol. The van der Waals surface area contributed by atoms with Gasteiger partial charge in [0.15, 0.2) is 0 Å². The Hall–Kier alpha value is -2.83. The van der Waals surface area contributed by atoms with Crippen LogP contribution in [0, 0.1) is 0 Å². The topological polar surface area (TPSA) is 76.8 Å². The number of nitrogens with zero attached hydrogens (tertiary/aromatic N) is 6. The summed E-state index contributed by atoms with van der Waals surface area (Å²) in [6.07, 6.45) is 7.67. The summed E-state index contributed by atoms with van der Waals surface area (Å²) in [5, 5.41) is 7.84. The Labute approximate surface area is 126 Å². The standard InChI is InChI=1S/C15H14N6O/c22-15(11-1-2-13-14(9-11)17-5-4-16-13)20-7-3-12(10-20)21-8-6-18-19-21/h1-2,4-6,8-9,12H,3,7,10H2. The molecule has 1 aliphatic rings. The fraction of sp³-hybridized carbons (Fsp3) is 0.267. The van der Waals surface area contributed by atoms with Crippen molar-refractivity contribution in [1.82, 2.24) is 29.9 Å². The molecular formula is C15H14N6O. The maximum atomic E-state index is 12.6. The second-order valence-corrected chi connectivity index (χ2v) is 5.34. The Morgan fingerprint density at radius 2 is 2.00 bits per heavy atom. The highest BCUT2D eigenvalue weighted by molar-refractivity contribution is 5.97. The molecule has 1 saturated heterocycles. The Morgan fingerprint density at radius 1 is 1.14 bits per heavy atom. The normalized spacial score (nSPS) is 18.0. The maximum Gasteiger partial charge on any atom is 0.254 e. The highest BCUT2D eigenvalue weighted by Crippen LogP contribution is 2.22. The molecule has 22 heavy (non-hydrogen) atoms. The van der Waals surface area contributed by atoms with Crippen LogP contribution in [0.3, 0.4) is 0 Å². The van der Waals surface area contributed by atoms with Gasteiger partial charge in [-0.05, 0) is 24.6 Å². The Morgan fingerprint density at radius 3 is 2.82 bits per heavy atom. The van der Waals surface area contributed by atoms with Crippen molar-refractivity contribution in [2.24, 2.45) is 0 Å². The molecule has 1 unspecified atom stereocenters. The minimum atomic E-state index is 0.0233. The number of rotatable bonds is 2. The molecule has 0 aliphatic carbocycles. The first kappa shape index (κ1) is 12.9. The molecule has 0 radical (unpaired) electrons. The second-order valence-electron chi connectivity index (χ2n) is 5.34. The molecule has 3 aromatic rings. The van der Waals surface area contributed by atoms with Gasteiger partial charge in [-0.1, -0.05) is 5.21 Å². The number of benzene rings is 1. The van der Waals surface area contributed by atoms with Crippen molar-refractivity contribution in [3.8, 4) is 0 Å². The van der Waals surface area contributed by atoms with Crippen LogP contribution in [0.5, 0.6) is 0 Å². The van der Waals surface area contributed by atoms with Crippen molar-refractivity contribution >= 4 is 16.9 Å². The van der Waals surface area contributed by atoms with Gasteiger partial charge < -0.3 is 4.90 Å². The van der Waals surface area contributed by atoms with Crippen LogP contribution in [0.15, 0.2) is 43.0 Å². The molecule has 1 aliphatic heterocycles. The Balaban J connectivity index is 1.56. The molecule has 0 N–H and O–H groups in total. The number of likely N-dealkylation sites (tertiary alicyclic amines) is 1. The van der Waals surface area contributed by atoms with Crippen LogP contribution < -0.4 is 0 Å². The smallest absolute Gasteiger partial charge is 0.254 e. The van der Waals surface area contributed by atoms with Crippen LogP contribution >= 0.6 is 0 Å². The number of aromatic nitrogens is 5. The highest BCUT2D eigenvalue weighted by atomic mass is 16.2. The van der Waals surface area contributed by atoms with Gasteiger partial charge in [-0.2, -0.15) is 0 Å². The van der Waals surface area contributed by atoms with Gasteiger partial charge in [-0.15, -0.1) is 5.10 Å². The number of carbonyl (C=O) groups excluding carboxylic acids is 1. The van der Waals surface area contributed by atoms with E-state index in [0.717, 1.165) is 24.0 Å². The largest absolute Gasteiger partial charge is 0.336 e. The van der Waals surface area contributed by atoms with E-state index in [1.807, 2.05) is 27.9 Å². The number of hydrogen-bond acceptors (Lipinski definition) is 5. The van der Waals surface area contributed by atoms with Crippen molar-refractivity contribution in [2.75, 3.05) is 13.1 Å². The molecule has 0 bridgehead atoms. The molecule has 1 amide bonds. The summed E-state index contributed by atoms with van der Waals surface area (Å²) in [5.41, 5.74) is 2.17. The van der Waals surface area contributed by atoms with Gasteiger partial charge in [0.25, 0.3) is 5.91 Å². The summed E-state index contributed by atoms with van der Waals surface area (Å²) < 4.78 is 1.82. The van der Waals surface area contributed by atoms with E-state index in [0.29, 0.717) is 12.1 Å². The summed E-state index contributed by atoms with van der Waals surface area (Å²) in [6.45, 7) is 1.38. The van der Waals surface area contributed by atoms with Gasteiger partial charge in [0.05, 0.1) is 23.3 Å². The molecule has 4 rings (SSSR count). The zero-order valence-corrected chi connectivity index (χ0v) is 11.8. The monoisotopic (exact) mass is 294 g/mol. The lowest BCUT2D eigenvalue weighted by atomic mass is 10.1. The lowest BCUT2D eigenvalue weighted by Gasteiger charge is -2.16. The van der Waals surface area contributed by atoms with Gasteiger partial charge >= 0.3 is 0 Å². The molecule has 0 spiro atoms. The van der Waals surface area contributed by atoms with Crippen LogP contribution in [-0.2, 0) is 0 Å². The first-order valence-corrected chi connectivity index (χ1v) is 7.17. The van der Waals surface area contributed by atoms with Crippen molar-refractivity contribution in [1.29, 1.82) is 0 Å². The third-order valence-electron chi connectivity index (χ3n) is 3.98. The lowest BCUT2D eigenvalue weighted by Crippen LogP contribution is -2.29. The van der Waals surface area contributed by atoms with Crippen LogP contribution in [0.1, 0.15) is 22.8 Å². The van der Waals surface area contributed by atoms with E-state index in [4.69, 9.17) is 0 Å². The van der Waals surface area contributed by atoms with Crippen molar-refractivity contribution < 1.29 is 4.79 Å². The molecule has 2 aromatic heterocycles. The zero-order valence-electron chi connectivity index (χ0n) is 11.8. The number of carbonyl (C=O) groups is 1. The molecule has 7 heteroatoms. The first-order valence-electron chi connectivity index (χ1n) is 7.17. The number of amides is 1. The Kier molecular flexibility index (Phi) is 3.03. The summed E-state index contributed by atoms with van der Waals surface area (Å²) in [6, 6.07) is 5.64. The fourth-order valence-electron chi connectivity index (χ4n) is 2.83. The quantitative estimate of drug-likeness (QED) is 0.712. The maximum absolute atomic E-state index is 12.6.